The van der Waals surface area contributed by atoms with Crippen LogP contribution in [0.3, 0.4) is 0 Å². The lowest BCUT2D eigenvalue weighted by molar-refractivity contribution is 0.103. The number of benzene rings is 1. The van der Waals surface area contributed by atoms with Crippen molar-refractivity contribution >= 4 is 51.3 Å². The van der Waals surface area contributed by atoms with Crippen molar-refractivity contribution in [2.75, 3.05) is 54.9 Å². The van der Waals surface area contributed by atoms with E-state index >= 15 is 0 Å². The van der Waals surface area contributed by atoms with Gasteiger partial charge in [-0.3, -0.25) is 9.69 Å². The minimum atomic E-state index is -0.462. The van der Waals surface area contributed by atoms with E-state index in [1.54, 1.807) is 6.92 Å². The number of aliphatic hydroxyl groups is 1. The van der Waals surface area contributed by atoms with Crippen LogP contribution in [0.15, 0.2) is 24.4 Å². The first-order chi connectivity index (χ1) is 16.3. The minimum Gasteiger partial charge on any atom is -0.395 e. The molecule has 1 saturated heterocycles. The van der Waals surface area contributed by atoms with Crippen molar-refractivity contribution < 1.29 is 14.3 Å². The third-order valence-corrected chi connectivity index (χ3v) is 6.60. The van der Waals surface area contributed by atoms with Crippen LogP contribution in [-0.4, -0.2) is 70.2 Å². The van der Waals surface area contributed by atoms with E-state index in [0.29, 0.717) is 39.4 Å². The summed E-state index contributed by atoms with van der Waals surface area (Å²) in [6.45, 7) is 7.66. The maximum atomic E-state index is 13.5. The van der Waals surface area contributed by atoms with E-state index in [2.05, 4.69) is 35.4 Å². The number of aliphatic hydroxyl groups excluding tert-OH is 1. The van der Waals surface area contributed by atoms with Crippen LogP contribution >= 0.6 is 22.9 Å². The Bertz CT molecular complexity index is 1160. The average Bonchev–Trinajstić information content (AvgIpc) is 3.25. The number of carbonyl (C=O) groups is 1. The topological polar surface area (TPSA) is 107 Å². The number of hydrogen-bond acceptors (Lipinski definition) is 9. The highest BCUT2D eigenvalue weighted by molar-refractivity contribution is 7.17. The molecule has 0 atom stereocenters. The molecule has 4 rings (SSSR count). The maximum absolute atomic E-state index is 13.5. The molecule has 0 radical (unpaired) electrons. The van der Waals surface area contributed by atoms with Gasteiger partial charge in [-0.15, -0.1) is 0 Å². The molecule has 1 aromatic carbocycles. The average molecular weight is 506 g/mol. The van der Waals surface area contributed by atoms with Crippen LogP contribution in [0.1, 0.15) is 21.1 Å². The van der Waals surface area contributed by atoms with Gasteiger partial charge in [-0.2, -0.15) is 0 Å². The molecule has 180 valence electrons. The number of aromatic nitrogens is 3. The Hall–Kier alpha value is -2.86. The third kappa shape index (κ3) is 5.79. The Morgan fingerprint density at radius 3 is 2.68 bits per heavy atom. The van der Waals surface area contributed by atoms with Crippen LogP contribution in [0, 0.1) is 19.7 Å². The number of aryl methyl sites for hydroxylation is 2. The molecule has 0 unspecified atom stereocenters. The van der Waals surface area contributed by atoms with E-state index in [0.717, 1.165) is 38.1 Å². The zero-order valence-corrected chi connectivity index (χ0v) is 20.4. The number of carbonyl (C=O) groups excluding carboxylic acids is 1. The second-order valence-corrected chi connectivity index (χ2v) is 9.34. The van der Waals surface area contributed by atoms with Crippen molar-refractivity contribution in [1.29, 1.82) is 0 Å². The van der Waals surface area contributed by atoms with E-state index in [9.17, 15) is 9.18 Å². The molecule has 0 spiro atoms. The van der Waals surface area contributed by atoms with E-state index < -0.39 is 5.82 Å². The van der Waals surface area contributed by atoms with E-state index in [1.807, 2.05) is 13.0 Å². The van der Waals surface area contributed by atoms with Crippen molar-refractivity contribution in [3.8, 4) is 0 Å². The summed E-state index contributed by atoms with van der Waals surface area (Å²) >= 11 is 7.25. The first-order valence-corrected chi connectivity index (χ1v) is 12.0. The number of amides is 1. The monoisotopic (exact) mass is 505 g/mol. The number of halogens is 2. The van der Waals surface area contributed by atoms with Crippen molar-refractivity contribution in [2.24, 2.45) is 0 Å². The summed E-state index contributed by atoms with van der Waals surface area (Å²) in [7, 11) is 0. The number of β-amino-alcohol motifs (C(OH)–C–C–N with tert-alkyl or cyclic N) is 1. The Labute approximate surface area is 205 Å². The molecule has 0 aliphatic carbocycles. The van der Waals surface area contributed by atoms with E-state index in [4.69, 9.17) is 16.7 Å². The predicted octanol–water partition coefficient (Wildman–Crippen LogP) is 3.45. The molecule has 1 aliphatic rings. The molecule has 0 saturated carbocycles. The number of hydrogen-bond donors (Lipinski definition) is 3. The van der Waals surface area contributed by atoms with Crippen molar-refractivity contribution in [2.45, 2.75) is 13.8 Å². The zero-order chi connectivity index (χ0) is 24.2. The Kier molecular flexibility index (Phi) is 7.57. The van der Waals surface area contributed by atoms with Crippen LogP contribution < -0.4 is 15.5 Å². The molecule has 3 heterocycles. The molecule has 0 bridgehead atoms. The number of nitrogens with zero attached hydrogens (tertiary/aromatic N) is 5. The lowest BCUT2D eigenvalue weighted by Gasteiger charge is -2.35. The number of anilines is 4. The quantitative estimate of drug-likeness (QED) is 0.448. The summed E-state index contributed by atoms with van der Waals surface area (Å²) in [5, 5.41) is 15.6. The lowest BCUT2D eigenvalue weighted by Crippen LogP contribution is -2.47. The van der Waals surface area contributed by atoms with Gasteiger partial charge in [0.1, 0.15) is 28.2 Å². The fourth-order valence-corrected chi connectivity index (χ4v) is 4.72. The van der Waals surface area contributed by atoms with Crippen LogP contribution in [-0.2, 0) is 0 Å². The zero-order valence-electron chi connectivity index (χ0n) is 18.8. The molecule has 3 N–H and O–H groups in total. The second kappa shape index (κ2) is 10.6. The summed E-state index contributed by atoms with van der Waals surface area (Å²) in [4.78, 5) is 30.7. The third-order valence-electron chi connectivity index (χ3n) is 5.39. The number of thiazole rings is 1. The van der Waals surface area contributed by atoms with Gasteiger partial charge in [0.05, 0.1) is 23.5 Å². The Morgan fingerprint density at radius 2 is 1.97 bits per heavy atom. The van der Waals surface area contributed by atoms with Gasteiger partial charge in [-0.25, -0.2) is 19.3 Å². The Balaban J connectivity index is 1.43. The van der Waals surface area contributed by atoms with Crippen LogP contribution in [0.4, 0.5) is 26.8 Å². The predicted molar refractivity (Wildman–Crippen MR) is 132 cm³/mol. The van der Waals surface area contributed by atoms with E-state index in [1.165, 1.54) is 23.6 Å². The molecule has 1 aliphatic heterocycles. The SMILES string of the molecule is Cc1nc(Nc2ncc(C(=O)Nc3c(C)cc(F)cc3Cl)s2)cc(N2CCN(CCO)CC2)n1. The lowest BCUT2D eigenvalue weighted by atomic mass is 10.2. The van der Waals surface area contributed by atoms with Gasteiger partial charge in [0.25, 0.3) is 5.91 Å². The highest BCUT2D eigenvalue weighted by Gasteiger charge is 2.19. The molecule has 12 heteroatoms. The van der Waals surface area contributed by atoms with Gasteiger partial charge < -0.3 is 20.6 Å². The molecular weight excluding hydrogens is 481 g/mol. The van der Waals surface area contributed by atoms with Crippen molar-refractivity contribution in [1.82, 2.24) is 19.9 Å². The normalized spacial score (nSPS) is 14.3. The van der Waals surface area contributed by atoms with Gasteiger partial charge in [0, 0.05) is 38.8 Å². The highest BCUT2D eigenvalue weighted by atomic mass is 35.5. The molecule has 1 fully saturated rings. The van der Waals surface area contributed by atoms with Crippen molar-refractivity contribution in [3.63, 3.8) is 0 Å². The molecule has 3 aromatic rings. The van der Waals surface area contributed by atoms with Gasteiger partial charge >= 0.3 is 0 Å². The van der Waals surface area contributed by atoms with E-state index in [-0.39, 0.29) is 17.5 Å². The summed E-state index contributed by atoms with van der Waals surface area (Å²) < 4.78 is 13.5. The highest BCUT2D eigenvalue weighted by Crippen LogP contribution is 2.29. The fraction of sp³-hybridized carbons (Fsp3) is 0.364. The standard InChI is InChI=1S/C22H25ClFN7O2S/c1-13-9-15(24)10-16(23)20(13)29-21(33)17-12-25-22(34-17)28-18-11-19(27-14(2)26-18)31-5-3-30(4-6-31)7-8-32/h9-12,32H,3-8H2,1-2H3,(H,29,33)(H,25,26,27,28). The van der Waals surface area contributed by atoms with Crippen molar-refractivity contribution in [3.05, 3.63) is 51.5 Å². The molecule has 9 nitrogen and oxygen atoms in total. The van der Waals surface area contributed by atoms with Crippen LogP contribution in [0.5, 0.6) is 0 Å². The summed E-state index contributed by atoms with van der Waals surface area (Å²) in [5.74, 6) is 1.17. The molecule has 1 amide bonds. The first kappa shape index (κ1) is 24.3. The van der Waals surface area contributed by atoms with Gasteiger partial charge in [0.2, 0.25) is 0 Å². The second-order valence-electron chi connectivity index (χ2n) is 7.90. The fourth-order valence-electron chi connectivity index (χ4n) is 3.70. The maximum Gasteiger partial charge on any atom is 0.267 e. The van der Waals surface area contributed by atoms with Crippen LogP contribution in [0.25, 0.3) is 0 Å². The summed E-state index contributed by atoms with van der Waals surface area (Å²) in [5.41, 5.74) is 0.897. The van der Waals surface area contributed by atoms with Crippen LogP contribution in [0.2, 0.25) is 5.02 Å². The summed E-state index contributed by atoms with van der Waals surface area (Å²) in [6.07, 6.45) is 1.46. The molecule has 2 aromatic heterocycles. The first-order valence-electron chi connectivity index (χ1n) is 10.8. The molecule has 34 heavy (non-hydrogen) atoms. The number of piperazine rings is 1. The summed E-state index contributed by atoms with van der Waals surface area (Å²) in [6, 6.07) is 4.32. The minimum absolute atomic E-state index is 0.134. The largest absolute Gasteiger partial charge is 0.395 e. The van der Waals surface area contributed by atoms with Gasteiger partial charge in [-0.05, 0) is 31.5 Å². The smallest absolute Gasteiger partial charge is 0.267 e. The number of rotatable bonds is 7. The Morgan fingerprint density at radius 1 is 1.21 bits per heavy atom. The van der Waals surface area contributed by atoms with Gasteiger partial charge in [-0.1, -0.05) is 22.9 Å². The van der Waals surface area contributed by atoms with Gasteiger partial charge in [0.15, 0.2) is 5.13 Å². The number of nitrogens with one attached hydrogen (secondary N) is 2. The molecular formula is C22H25ClFN7O2S.